The quantitative estimate of drug-likeness (QED) is 0.114. The second-order valence-corrected chi connectivity index (χ2v) is 11.6. The van der Waals surface area contributed by atoms with E-state index in [-0.39, 0.29) is 12.5 Å². The van der Waals surface area contributed by atoms with Crippen LogP contribution >= 0.6 is 11.8 Å². The van der Waals surface area contributed by atoms with Gasteiger partial charge in [0, 0.05) is 17.6 Å². The van der Waals surface area contributed by atoms with Crippen LogP contribution in [0.4, 0.5) is 0 Å². The first-order chi connectivity index (χ1) is 21.2. The number of rotatable bonds is 14. The molecule has 0 amide bonds. The van der Waals surface area contributed by atoms with Gasteiger partial charge in [-0.25, -0.2) is 0 Å². The summed E-state index contributed by atoms with van der Waals surface area (Å²) in [5.74, 6) is -0.109. The van der Waals surface area contributed by atoms with Crippen LogP contribution < -0.4 is 0 Å². The molecule has 0 saturated carbocycles. The lowest BCUT2D eigenvalue weighted by molar-refractivity contribution is -0.293. The van der Waals surface area contributed by atoms with Crippen LogP contribution in [0.2, 0.25) is 0 Å². The first-order valence-corrected chi connectivity index (χ1v) is 15.6. The van der Waals surface area contributed by atoms with Crippen molar-refractivity contribution in [2.75, 3.05) is 12.4 Å². The number of ether oxygens (including phenoxy) is 5. The standard InChI is InChI=1S/C36H38O6S/c1-27(37)41-36-32(26-43-31-20-12-5-13-21-31)34(39-23-29-16-8-3-9-17-29)35(40-24-30-18-10-4-11-19-30)33(42-36)25-38-22-28-14-6-2-7-15-28/h2-21,32-36H,22-26H2,1H3/t32-,33+,34+,35+,36-/m0/s1. The Hall–Kier alpha value is -3.46. The van der Waals surface area contributed by atoms with Gasteiger partial charge in [-0.3, -0.25) is 4.79 Å². The summed E-state index contributed by atoms with van der Waals surface area (Å²) < 4.78 is 31.9. The summed E-state index contributed by atoms with van der Waals surface area (Å²) in [6.45, 7) is 2.84. The van der Waals surface area contributed by atoms with Gasteiger partial charge in [-0.05, 0) is 28.8 Å². The minimum Gasteiger partial charge on any atom is -0.435 e. The molecular formula is C36H38O6S. The van der Waals surface area contributed by atoms with Crippen LogP contribution in [-0.4, -0.2) is 42.9 Å². The largest absolute Gasteiger partial charge is 0.435 e. The van der Waals surface area contributed by atoms with Crippen molar-refractivity contribution in [2.45, 2.75) is 56.2 Å². The Morgan fingerprint density at radius 1 is 0.674 bits per heavy atom. The van der Waals surface area contributed by atoms with Gasteiger partial charge in [0.15, 0.2) is 0 Å². The molecule has 4 aromatic carbocycles. The minimum absolute atomic E-state index is 0.246. The molecule has 0 spiro atoms. The zero-order chi connectivity index (χ0) is 29.7. The summed E-state index contributed by atoms with van der Waals surface area (Å²) in [6, 6.07) is 40.3. The Bertz CT molecular complexity index is 1360. The molecule has 6 nitrogen and oxygen atoms in total. The van der Waals surface area contributed by atoms with E-state index in [1.54, 1.807) is 11.8 Å². The van der Waals surface area contributed by atoms with Crippen molar-refractivity contribution in [3.63, 3.8) is 0 Å². The normalized spacial score (nSPS) is 21.7. The fraction of sp³-hybridized carbons (Fsp3) is 0.306. The molecule has 1 aliphatic rings. The van der Waals surface area contributed by atoms with Gasteiger partial charge >= 0.3 is 5.97 Å². The molecule has 224 valence electrons. The maximum absolute atomic E-state index is 12.3. The number of hydrogen-bond donors (Lipinski definition) is 0. The van der Waals surface area contributed by atoms with Crippen molar-refractivity contribution >= 4 is 17.7 Å². The fourth-order valence-electron chi connectivity index (χ4n) is 5.08. The van der Waals surface area contributed by atoms with Crippen LogP contribution in [0.1, 0.15) is 23.6 Å². The van der Waals surface area contributed by atoms with E-state index in [4.69, 9.17) is 23.7 Å². The summed E-state index contributed by atoms with van der Waals surface area (Å²) in [7, 11) is 0. The van der Waals surface area contributed by atoms with E-state index in [1.807, 2.05) is 109 Å². The van der Waals surface area contributed by atoms with Gasteiger partial charge in [0.2, 0.25) is 6.29 Å². The summed E-state index contributed by atoms with van der Waals surface area (Å²) in [6.07, 6.45) is -2.27. The predicted molar refractivity (Wildman–Crippen MR) is 167 cm³/mol. The van der Waals surface area contributed by atoms with E-state index in [1.165, 1.54) is 6.92 Å². The highest BCUT2D eigenvalue weighted by Crippen LogP contribution is 2.36. The topological polar surface area (TPSA) is 63.2 Å². The Kier molecular flexibility index (Phi) is 11.8. The van der Waals surface area contributed by atoms with E-state index in [0.29, 0.717) is 25.6 Å². The number of benzene rings is 4. The van der Waals surface area contributed by atoms with E-state index in [0.717, 1.165) is 21.6 Å². The van der Waals surface area contributed by atoms with Gasteiger partial charge in [0.1, 0.15) is 12.2 Å². The molecule has 7 heteroatoms. The van der Waals surface area contributed by atoms with E-state index in [2.05, 4.69) is 12.1 Å². The second-order valence-electron chi connectivity index (χ2n) is 10.5. The Labute approximate surface area is 258 Å². The van der Waals surface area contributed by atoms with Gasteiger partial charge in [0.25, 0.3) is 0 Å². The van der Waals surface area contributed by atoms with Crippen LogP contribution in [0.25, 0.3) is 0 Å². The molecule has 0 radical (unpaired) electrons. The lowest BCUT2D eigenvalue weighted by Gasteiger charge is -2.45. The molecule has 43 heavy (non-hydrogen) atoms. The molecule has 1 aliphatic heterocycles. The van der Waals surface area contributed by atoms with Crippen molar-refractivity contribution in [1.82, 2.24) is 0 Å². The van der Waals surface area contributed by atoms with Gasteiger partial charge in [0.05, 0.1) is 38.4 Å². The number of carbonyl (C=O) groups excluding carboxylic acids is 1. The van der Waals surface area contributed by atoms with Crippen molar-refractivity contribution in [2.24, 2.45) is 5.92 Å². The average Bonchev–Trinajstić information content (AvgIpc) is 3.04. The van der Waals surface area contributed by atoms with Crippen LogP contribution in [0, 0.1) is 5.92 Å². The smallest absolute Gasteiger partial charge is 0.304 e. The highest BCUT2D eigenvalue weighted by molar-refractivity contribution is 7.99. The minimum atomic E-state index is -0.823. The summed E-state index contributed by atoms with van der Waals surface area (Å²) in [5, 5.41) is 0. The number of esters is 1. The Morgan fingerprint density at radius 3 is 1.70 bits per heavy atom. The van der Waals surface area contributed by atoms with Gasteiger partial charge in [-0.2, -0.15) is 0 Å². The van der Waals surface area contributed by atoms with Crippen LogP contribution in [0.3, 0.4) is 0 Å². The lowest BCUT2D eigenvalue weighted by Crippen LogP contribution is -2.59. The maximum atomic E-state index is 12.3. The predicted octanol–water partition coefficient (Wildman–Crippen LogP) is 7.07. The molecular weight excluding hydrogens is 560 g/mol. The molecule has 0 unspecified atom stereocenters. The molecule has 1 fully saturated rings. The molecule has 5 atom stereocenters. The number of hydrogen-bond acceptors (Lipinski definition) is 7. The molecule has 5 rings (SSSR count). The van der Waals surface area contributed by atoms with Crippen molar-refractivity contribution < 1.29 is 28.5 Å². The zero-order valence-electron chi connectivity index (χ0n) is 24.3. The number of carbonyl (C=O) groups is 1. The highest BCUT2D eigenvalue weighted by atomic mass is 32.2. The van der Waals surface area contributed by atoms with E-state index < -0.39 is 30.6 Å². The molecule has 4 aromatic rings. The zero-order valence-corrected chi connectivity index (χ0v) is 25.1. The molecule has 0 N–H and O–H groups in total. The fourth-order valence-corrected chi connectivity index (χ4v) is 6.16. The highest BCUT2D eigenvalue weighted by Gasteiger charge is 2.49. The Morgan fingerprint density at radius 2 is 1.16 bits per heavy atom. The van der Waals surface area contributed by atoms with Gasteiger partial charge in [-0.1, -0.05) is 109 Å². The third-order valence-corrected chi connectivity index (χ3v) is 8.36. The first kappa shape index (κ1) is 31.0. The molecule has 1 heterocycles. The van der Waals surface area contributed by atoms with E-state index >= 15 is 0 Å². The van der Waals surface area contributed by atoms with Crippen LogP contribution in [-0.2, 0) is 48.3 Å². The second kappa shape index (κ2) is 16.4. The van der Waals surface area contributed by atoms with E-state index in [9.17, 15) is 4.79 Å². The lowest BCUT2D eigenvalue weighted by atomic mass is 9.91. The molecule has 0 aliphatic carbocycles. The maximum Gasteiger partial charge on any atom is 0.304 e. The molecule has 0 bridgehead atoms. The van der Waals surface area contributed by atoms with Crippen molar-refractivity contribution in [3.8, 4) is 0 Å². The SMILES string of the molecule is CC(=O)O[C@H]1O[C@H](COCc2ccccc2)[C@@H](OCc2ccccc2)[C@H](OCc2ccccc2)[C@@H]1CSc1ccccc1. The third-order valence-electron chi connectivity index (χ3n) is 7.20. The summed E-state index contributed by atoms with van der Waals surface area (Å²) >= 11 is 1.68. The summed E-state index contributed by atoms with van der Waals surface area (Å²) in [5.41, 5.74) is 3.15. The first-order valence-electron chi connectivity index (χ1n) is 14.6. The average molecular weight is 599 g/mol. The van der Waals surface area contributed by atoms with Crippen molar-refractivity contribution in [1.29, 1.82) is 0 Å². The van der Waals surface area contributed by atoms with Crippen LogP contribution in [0.5, 0.6) is 0 Å². The third kappa shape index (κ3) is 9.51. The van der Waals surface area contributed by atoms with Gasteiger partial charge in [-0.15, -0.1) is 11.8 Å². The molecule has 1 saturated heterocycles. The molecule has 0 aromatic heterocycles. The van der Waals surface area contributed by atoms with Crippen molar-refractivity contribution in [3.05, 3.63) is 138 Å². The van der Waals surface area contributed by atoms with Crippen LogP contribution in [0.15, 0.2) is 126 Å². The Balaban J connectivity index is 1.42. The van der Waals surface area contributed by atoms with Gasteiger partial charge < -0.3 is 23.7 Å². The number of thioether (sulfide) groups is 1. The summed E-state index contributed by atoms with van der Waals surface area (Å²) in [4.78, 5) is 13.4. The monoisotopic (exact) mass is 598 g/mol.